The molecule has 0 unspecified atom stereocenters. The van der Waals surface area contributed by atoms with Crippen molar-refractivity contribution in [2.24, 2.45) is 0 Å². The molecule has 0 aliphatic carbocycles. The first-order valence-corrected chi connectivity index (χ1v) is 6.30. The van der Waals surface area contributed by atoms with Crippen LogP contribution in [0.15, 0.2) is 48.5 Å². The van der Waals surface area contributed by atoms with Crippen LogP contribution in [0, 0.1) is 6.92 Å². The van der Waals surface area contributed by atoms with Gasteiger partial charge in [-0.15, -0.1) is 0 Å². The Labute approximate surface area is 113 Å². The van der Waals surface area contributed by atoms with Crippen molar-refractivity contribution in [2.45, 2.75) is 13.5 Å². The molecule has 0 amide bonds. The molecule has 1 N–H and O–H groups in total. The maximum absolute atomic E-state index is 9.17. The standard InChI is InChI=1S/C16H18O3/c1-13-6-8-15(9-7-13)18-10-11-19-16-5-3-2-4-14(16)12-17/h2-9,17H,10-12H2,1H3. The van der Waals surface area contributed by atoms with Crippen molar-refractivity contribution in [1.29, 1.82) is 0 Å². The summed E-state index contributed by atoms with van der Waals surface area (Å²) >= 11 is 0. The van der Waals surface area contributed by atoms with Gasteiger partial charge in [0.15, 0.2) is 0 Å². The van der Waals surface area contributed by atoms with Crippen LogP contribution in [0.2, 0.25) is 0 Å². The second kappa shape index (κ2) is 6.81. The fourth-order valence-electron chi connectivity index (χ4n) is 1.72. The van der Waals surface area contributed by atoms with E-state index in [9.17, 15) is 0 Å². The quantitative estimate of drug-likeness (QED) is 0.810. The van der Waals surface area contributed by atoms with Gasteiger partial charge in [-0.2, -0.15) is 0 Å². The van der Waals surface area contributed by atoms with Crippen molar-refractivity contribution in [2.75, 3.05) is 13.2 Å². The topological polar surface area (TPSA) is 38.7 Å². The van der Waals surface area contributed by atoms with Crippen LogP contribution in [0.25, 0.3) is 0 Å². The number of aryl methyl sites for hydroxylation is 1. The SMILES string of the molecule is Cc1ccc(OCCOc2ccccc2CO)cc1. The molecule has 0 atom stereocenters. The number of hydrogen-bond donors (Lipinski definition) is 1. The summed E-state index contributed by atoms with van der Waals surface area (Å²) in [6.45, 7) is 2.95. The van der Waals surface area contributed by atoms with E-state index in [2.05, 4.69) is 0 Å². The van der Waals surface area contributed by atoms with Crippen LogP contribution in [-0.2, 0) is 6.61 Å². The van der Waals surface area contributed by atoms with Crippen molar-refractivity contribution < 1.29 is 14.6 Å². The van der Waals surface area contributed by atoms with Crippen molar-refractivity contribution in [3.05, 3.63) is 59.7 Å². The predicted molar refractivity (Wildman–Crippen MR) is 74.5 cm³/mol. The molecule has 0 heterocycles. The summed E-state index contributed by atoms with van der Waals surface area (Å²) in [7, 11) is 0. The monoisotopic (exact) mass is 258 g/mol. The largest absolute Gasteiger partial charge is 0.490 e. The summed E-state index contributed by atoms with van der Waals surface area (Å²) in [6, 6.07) is 15.4. The minimum atomic E-state index is -0.0189. The van der Waals surface area contributed by atoms with Crippen LogP contribution in [0.5, 0.6) is 11.5 Å². The predicted octanol–water partition coefficient (Wildman–Crippen LogP) is 2.95. The summed E-state index contributed by atoms with van der Waals surface area (Å²) in [5.41, 5.74) is 2.00. The van der Waals surface area contributed by atoms with Gasteiger partial charge in [0, 0.05) is 5.56 Å². The van der Waals surface area contributed by atoms with Crippen LogP contribution in [0.1, 0.15) is 11.1 Å². The van der Waals surface area contributed by atoms with Gasteiger partial charge >= 0.3 is 0 Å². The lowest BCUT2D eigenvalue weighted by atomic mass is 10.2. The minimum absolute atomic E-state index is 0.0189. The van der Waals surface area contributed by atoms with E-state index in [1.54, 1.807) is 0 Å². The third kappa shape index (κ3) is 4.00. The highest BCUT2D eigenvalue weighted by Crippen LogP contribution is 2.17. The molecular formula is C16H18O3. The average molecular weight is 258 g/mol. The molecule has 0 bridgehead atoms. The van der Waals surface area contributed by atoms with Crippen LogP contribution >= 0.6 is 0 Å². The van der Waals surface area contributed by atoms with E-state index in [0.29, 0.717) is 19.0 Å². The molecule has 2 aromatic rings. The van der Waals surface area contributed by atoms with Crippen molar-refractivity contribution >= 4 is 0 Å². The molecule has 0 aromatic heterocycles. The fourth-order valence-corrected chi connectivity index (χ4v) is 1.72. The summed E-state index contributed by atoms with van der Waals surface area (Å²) in [5.74, 6) is 1.54. The van der Waals surface area contributed by atoms with Gasteiger partial charge in [-0.25, -0.2) is 0 Å². The van der Waals surface area contributed by atoms with Gasteiger partial charge in [0.2, 0.25) is 0 Å². The molecule has 0 aliphatic heterocycles. The first kappa shape index (κ1) is 13.4. The molecule has 2 rings (SSSR count). The molecule has 2 aromatic carbocycles. The zero-order valence-corrected chi connectivity index (χ0v) is 11.0. The number of ether oxygens (including phenoxy) is 2. The first-order valence-electron chi connectivity index (χ1n) is 6.30. The lowest BCUT2D eigenvalue weighted by Gasteiger charge is -2.11. The molecule has 19 heavy (non-hydrogen) atoms. The second-order valence-corrected chi connectivity index (χ2v) is 4.28. The van der Waals surface area contributed by atoms with Gasteiger partial charge in [-0.3, -0.25) is 0 Å². The Hall–Kier alpha value is -2.00. The highest BCUT2D eigenvalue weighted by Gasteiger charge is 2.01. The molecule has 0 fully saturated rings. The van der Waals surface area contributed by atoms with Gasteiger partial charge in [0.1, 0.15) is 24.7 Å². The molecule has 100 valence electrons. The van der Waals surface area contributed by atoms with E-state index in [1.807, 2.05) is 55.5 Å². The maximum atomic E-state index is 9.17. The van der Waals surface area contributed by atoms with E-state index in [1.165, 1.54) is 5.56 Å². The van der Waals surface area contributed by atoms with E-state index >= 15 is 0 Å². The summed E-state index contributed by atoms with van der Waals surface area (Å²) in [5, 5.41) is 9.17. The first-order chi connectivity index (χ1) is 9.29. The summed E-state index contributed by atoms with van der Waals surface area (Å²) in [4.78, 5) is 0. The molecule has 3 nitrogen and oxygen atoms in total. The number of aliphatic hydroxyl groups is 1. The highest BCUT2D eigenvalue weighted by atomic mass is 16.5. The number of para-hydroxylation sites is 1. The van der Waals surface area contributed by atoms with E-state index in [-0.39, 0.29) is 6.61 Å². The fraction of sp³-hybridized carbons (Fsp3) is 0.250. The molecule has 0 saturated heterocycles. The Morgan fingerprint density at radius 3 is 2.32 bits per heavy atom. The Balaban J connectivity index is 1.79. The van der Waals surface area contributed by atoms with Crippen LogP contribution < -0.4 is 9.47 Å². The van der Waals surface area contributed by atoms with Gasteiger partial charge in [0.05, 0.1) is 6.61 Å². The lowest BCUT2D eigenvalue weighted by molar-refractivity contribution is 0.210. The molecule has 3 heteroatoms. The normalized spacial score (nSPS) is 10.2. The van der Waals surface area contributed by atoms with Crippen molar-refractivity contribution in [3.8, 4) is 11.5 Å². The van der Waals surface area contributed by atoms with Crippen LogP contribution in [0.4, 0.5) is 0 Å². The van der Waals surface area contributed by atoms with E-state index < -0.39 is 0 Å². The zero-order valence-electron chi connectivity index (χ0n) is 11.0. The highest BCUT2D eigenvalue weighted by molar-refractivity contribution is 5.32. The van der Waals surface area contributed by atoms with Crippen LogP contribution in [0.3, 0.4) is 0 Å². The summed E-state index contributed by atoms with van der Waals surface area (Å²) in [6.07, 6.45) is 0. The molecular weight excluding hydrogens is 240 g/mol. The molecule has 0 spiro atoms. The minimum Gasteiger partial charge on any atom is -0.490 e. The third-order valence-corrected chi connectivity index (χ3v) is 2.77. The van der Waals surface area contributed by atoms with Gasteiger partial charge < -0.3 is 14.6 Å². The van der Waals surface area contributed by atoms with Crippen LogP contribution in [-0.4, -0.2) is 18.3 Å². The third-order valence-electron chi connectivity index (χ3n) is 2.77. The number of hydrogen-bond acceptors (Lipinski definition) is 3. The van der Waals surface area contributed by atoms with Crippen molar-refractivity contribution in [1.82, 2.24) is 0 Å². The Kier molecular flexibility index (Phi) is 4.81. The number of aliphatic hydroxyl groups excluding tert-OH is 1. The summed E-state index contributed by atoms with van der Waals surface area (Å²) < 4.78 is 11.2. The van der Waals surface area contributed by atoms with E-state index in [0.717, 1.165) is 11.3 Å². The molecule has 0 aliphatic rings. The molecule has 0 radical (unpaired) electrons. The van der Waals surface area contributed by atoms with E-state index in [4.69, 9.17) is 14.6 Å². The maximum Gasteiger partial charge on any atom is 0.124 e. The number of rotatable bonds is 6. The Morgan fingerprint density at radius 1 is 0.895 bits per heavy atom. The second-order valence-electron chi connectivity index (χ2n) is 4.28. The van der Waals surface area contributed by atoms with Gasteiger partial charge in [-0.1, -0.05) is 35.9 Å². The number of benzene rings is 2. The molecule has 0 saturated carbocycles. The Bertz CT molecular complexity index is 506. The lowest BCUT2D eigenvalue weighted by Crippen LogP contribution is -2.10. The zero-order chi connectivity index (χ0) is 13.5. The average Bonchev–Trinajstić information content (AvgIpc) is 2.46. The Morgan fingerprint density at radius 2 is 1.58 bits per heavy atom. The van der Waals surface area contributed by atoms with Gasteiger partial charge in [0.25, 0.3) is 0 Å². The smallest absolute Gasteiger partial charge is 0.124 e. The van der Waals surface area contributed by atoms with Gasteiger partial charge in [-0.05, 0) is 25.1 Å². The van der Waals surface area contributed by atoms with Crippen molar-refractivity contribution in [3.63, 3.8) is 0 Å².